The van der Waals surface area contributed by atoms with Gasteiger partial charge in [0.15, 0.2) is 0 Å². The lowest BCUT2D eigenvalue weighted by molar-refractivity contribution is -0.0285. The summed E-state index contributed by atoms with van der Waals surface area (Å²) in [5.74, 6) is 0.853. The standard InChI is InChI=1S/C10H19NO/c1-2-8-12-10(3-1)9-4-6-11-7-5-9/h9-11H,1-8H2. The second-order valence-electron chi connectivity index (χ2n) is 3.99. The molecule has 2 heteroatoms. The van der Waals surface area contributed by atoms with Gasteiger partial charge < -0.3 is 10.1 Å². The number of hydrogen-bond acceptors (Lipinski definition) is 2. The maximum atomic E-state index is 5.79. The van der Waals surface area contributed by atoms with Crippen molar-refractivity contribution in [3.8, 4) is 0 Å². The molecule has 2 aliphatic heterocycles. The molecule has 2 rings (SSSR count). The van der Waals surface area contributed by atoms with Crippen molar-refractivity contribution in [1.82, 2.24) is 5.32 Å². The molecular weight excluding hydrogens is 150 g/mol. The normalized spacial score (nSPS) is 33.5. The first-order valence-corrected chi connectivity index (χ1v) is 5.29. The van der Waals surface area contributed by atoms with Gasteiger partial charge in [-0.25, -0.2) is 0 Å². The van der Waals surface area contributed by atoms with Gasteiger partial charge in [-0.2, -0.15) is 0 Å². The van der Waals surface area contributed by atoms with E-state index in [1.807, 2.05) is 0 Å². The lowest BCUT2D eigenvalue weighted by Gasteiger charge is -2.33. The Labute approximate surface area is 74.7 Å². The lowest BCUT2D eigenvalue weighted by atomic mass is 9.88. The minimum atomic E-state index is 0.598. The molecule has 1 N–H and O–H groups in total. The average molecular weight is 169 g/mol. The third-order valence-electron chi connectivity index (χ3n) is 3.12. The van der Waals surface area contributed by atoms with Crippen LogP contribution in [0.5, 0.6) is 0 Å². The van der Waals surface area contributed by atoms with E-state index in [-0.39, 0.29) is 0 Å². The highest BCUT2D eigenvalue weighted by molar-refractivity contribution is 4.77. The minimum absolute atomic E-state index is 0.598. The Morgan fingerprint density at radius 1 is 1.00 bits per heavy atom. The summed E-state index contributed by atoms with van der Waals surface area (Å²) in [6.45, 7) is 3.41. The fraction of sp³-hybridized carbons (Fsp3) is 1.00. The highest BCUT2D eigenvalue weighted by Crippen LogP contribution is 2.25. The molecule has 1 unspecified atom stereocenters. The Morgan fingerprint density at radius 3 is 2.50 bits per heavy atom. The van der Waals surface area contributed by atoms with Gasteiger partial charge in [-0.05, 0) is 51.1 Å². The predicted molar refractivity (Wildman–Crippen MR) is 49.2 cm³/mol. The number of nitrogens with one attached hydrogen (secondary N) is 1. The van der Waals surface area contributed by atoms with Crippen LogP contribution in [0.2, 0.25) is 0 Å². The summed E-state index contributed by atoms with van der Waals surface area (Å²) in [5.41, 5.74) is 0. The van der Waals surface area contributed by atoms with Crippen molar-refractivity contribution in [2.75, 3.05) is 19.7 Å². The van der Waals surface area contributed by atoms with Gasteiger partial charge in [0, 0.05) is 6.61 Å². The number of rotatable bonds is 1. The van der Waals surface area contributed by atoms with Gasteiger partial charge >= 0.3 is 0 Å². The zero-order valence-corrected chi connectivity index (χ0v) is 7.72. The smallest absolute Gasteiger partial charge is 0.0604 e. The quantitative estimate of drug-likeness (QED) is 0.643. The van der Waals surface area contributed by atoms with E-state index in [1.165, 1.54) is 45.2 Å². The molecule has 2 heterocycles. The molecule has 1 atom stereocenters. The van der Waals surface area contributed by atoms with E-state index in [0.29, 0.717) is 6.10 Å². The molecule has 0 bridgehead atoms. The monoisotopic (exact) mass is 169 g/mol. The van der Waals surface area contributed by atoms with Crippen LogP contribution in [-0.4, -0.2) is 25.8 Å². The van der Waals surface area contributed by atoms with Crippen LogP contribution in [0.3, 0.4) is 0 Å². The van der Waals surface area contributed by atoms with Crippen LogP contribution in [0.15, 0.2) is 0 Å². The molecule has 2 saturated heterocycles. The highest BCUT2D eigenvalue weighted by atomic mass is 16.5. The average Bonchev–Trinajstić information content (AvgIpc) is 2.21. The zero-order valence-electron chi connectivity index (χ0n) is 7.72. The van der Waals surface area contributed by atoms with Crippen LogP contribution >= 0.6 is 0 Å². The van der Waals surface area contributed by atoms with Crippen molar-refractivity contribution in [2.45, 2.75) is 38.2 Å². The summed E-state index contributed by atoms with van der Waals surface area (Å²) >= 11 is 0. The number of hydrogen-bond donors (Lipinski definition) is 1. The zero-order chi connectivity index (χ0) is 8.23. The first-order valence-electron chi connectivity index (χ1n) is 5.29. The van der Waals surface area contributed by atoms with Crippen molar-refractivity contribution in [3.63, 3.8) is 0 Å². The maximum Gasteiger partial charge on any atom is 0.0604 e. The molecule has 0 spiro atoms. The second-order valence-corrected chi connectivity index (χ2v) is 3.99. The van der Waals surface area contributed by atoms with E-state index < -0.39 is 0 Å². The summed E-state index contributed by atoms with van der Waals surface area (Å²) in [4.78, 5) is 0. The Hall–Kier alpha value is -0.0800. The van der Waals surface area contributed by atoms with Crippen molar-refractivity contribution < 1.29 is 4.74 Å². The SMILES string of the molecule is C1CCC(C2CCNCC2)OC1. The summed E-state index contributed by atoms with van der Waals surface area (Å²) in [6.07, 6.45) is 7.22. The number of ether oxygens (including phenoxy) is 1. The molecule has 0 saturated carbocycles. The van der Waals surface area contributed by atoms with Crippen molar-refractivity contribution >= 4 is 0 Å². The van der Waals surface area contributed by atoms with Crippen LogP contribution in [-0.2, 0) is 4.74 Å². The molecule has 2 aliphatic rings. The van der Waals surface area contributed by atoms with Gasteiger partial charge in [-0.3, -0.25) is 0 Å². The number of piperidine rings is 1. The van der Waals surface area contributed by atoms with Crippen LogP contribution in [0.4, 0.5) is 0 Å². The van der Waals surface area contributed by atoms with Gasteiger partial charge in [-0.1, -0.05) is 0 Å². The minimum Gasteiger partial charge on any atom is -0.378 e. The Balaban J connectivity index is 1.80. The molecule has 2 nitrogen and oxygen atoms in total. The van der Waals surface area contributed by atoms with Gasteiger partial charge in [0.2, 0.25) is 0 Å². The molecule has 70 valence electrons. The molecule has 0 aromatic rings. The van der Waals surface area contributed by atoms with Crippen molar-refractivity contribution in [2.24, 2.45) is 5.92 Å². The summed E-state index contributed by atoms with van der Waals surface area (Å²) in [7, 11) is 0. The summed E-state index contributed by atoms with van der Waals surface area (Å²) in [5, 5.41) is 3.40. The maximum absolute atomic E-state index is 5.79. The van der Waals surface area contributed by atoms with E-state index in [2.05, 4.69) is 5.32 Å². The Kier molecular flexibility index (Phi) is 3.01. The van der Waals surface area contributed by atoms with Crippen LogP contribution < -0.4 is 5.32 Å². The van der Waals surface area contributed by atoms with Gasteiger partial charge in [-0.15, -0.1) is 0 Å². The third-order valence-corrected chi connectivity index (χ3v) is 3.12. The summed E-state index contributed by atoms with van der Waals surface area (Å²) in [6, 6.07) is 0. The third kappa shape index (κ3) is 1.99. The van der Waals surface area contributed by atoms with E-state index in [9.17, 15) is 0 Å². The Bertz CT molecular complexity index is 110. The van der Waals surface area contributed by atoms with Gasteiger partial charge in [0.05, 0.1) is 6.10 Å². The van der Waals surface area contributed by atoms with E-state index in [1.54, 1.807) is 0 Å². The highest BCUT2D eigenvalue weighted by Gasteiger charge is 2.25. The van der Waals surface area contributed by atoms with Crippen LogP contribution in [0, 0.1) is 5.92 Å². The molecule has 0 aromatic carbocycles. The lowest BCUT2D eigenvalue weighted by Crippen LogP contribution is -2.36. The molecule has 12 heavy (non-hydrogen) atoms. The van der Waals surface area contributed by atoms with E-state index in [4.69, 9.17) is 4.74 Å². The first kappa shape index (κ1) is 8.52. The van der Waals surface area contributed by atoms with E-state index in [0.717, 1.165) is 12.5 Å². The van der Waals surface area contributed by atoms with E-state index >= 15 is 0 Å². The van der Waals surface area contributed by atoms with Gasteiger partial charge in [0.25, 0.3) is 0 Å². The molecular formula is C10H19NO. The van der Waals surface area contributed by atoms with Crippen molar-refractivity contribution in [3.05, 3.63) is 0 Å². The molecule has 2 fully saturated rings. The second kappa shape index (κ2) is 4.24. The fourth-order valence-corrected chi connectivity index (χ4v) is 2.35. The van der Waals surface area contributed by atoms with Crippen LogP contribution in [0.1, 0.15) is 32.1 Å². The molecule has 0 aromatic heterocycles. The molecule has 0 aliphatic carbocycles. The van der Waals surface area contributed by atoms with Crippen molar-refractivity contribution in [1.29, 1.82) is 0 Å². The van der Waals surface area contributed by atoms with Gasteiger partial charge in [0.1, 0.15) is 0 Å². The Morgan fingerprint density at radius 2 is 1.83 bits per heavy atom. The first-order chi connectivity index (χ1) is 5.97. The largest absolute Gasteiger partial charge is 0.378 e. The predicted octanol–water partition coefficient (Wildman–Crippen LogP) is 1.56. The molecule has 0 amide bonds. The fourth-order valence-electron chi connectivity index (χ4n) is 2.35. The van der Waals surface area contributed by atoms with Crippen LogP contribution in [0.25, 0.3) is 0 Å². The molecule has 0 radical (unpaired) electrons. The topological polar surface area (TPSA) is 21.3 Å². The summed E-state index contributed by atoms with van der Waals surface area (Å²) < 4.78 is 5.79.